The quantitative estimate of drug-likeness (QED) is 0.347. The maximum Gasteiger partial charge on any atom is 0.349 e. The summed E-state index contributed by atoms with van der Waals surface area (Å²) in [5, 5.41) is 11.3. The number of benzene rings is 2. The van der Waals surface area contributed by atoms with Gasteiger partial charge in [0.25, 0.3) is 0 Å². The van der Waals surface area contributed by atoms with Crippen LogP contribution in [0.15, 0.2) is 39.5 Å². The molecule has 4 fully saturated rings. The number of phenolic OH excluding ortho intramolecular Hbond substituents is 1. The molecule has 4 atom stereocenters. The predicted octanol–water partition coefficient (Wildman–Crippen LogP) is 5.13. The van der Waals surface area contributed by atoms with E-state index in [1.807, 2.05) is 4.90 Å². The molecule has 8 rings (SSSR count). The number of anilines is 1. The Morgan fingerprint density at radius 3 is 2.60 bits per heavy atom. The highest BCUT2D eigenvalue weighted by molar-refractivity contribution is 6.00. The van der Waals surface area contributed by atoms with Crippen LogP contribution in [-0.4, -0.2) is 77.7 Å². The molecular weight excluding hydrogens is 558 g/mol. The van der Waals surface area contributed by atoms with Crippen LogP contribution in [0.3, 0.4) is 0 Å². The Labute approximate surface area is 247 Å². The number of hydrogen-bond donors (Lipinski definition) is 1. The summed E-state index contributed by atoms with van der Waals surface area (Å²) < 4.78 is 44.5. The van der Waals surface area contributed by atoms with E-state index in [0.717, 1.165) is 25.8 Å². The molecule has 43 heavy (non-hydrogen) atoms. The maximum absolute atomic E-state index is 14.8. The van der Waals surface area contributed by atoms with Crippen molar-refractivity contribution in [3.63, 3.8) is 0 Å². The summed E-state index contributed by atoms with van der Waals surface area (Å²) in [6.07, 6.45) is 4.92. The highest BCUT2D eigenvalue weighted by Crippen LogP contribution is 2.39. The molecule has 0 aliphatic carbocycles. The van der Waals surface area contributed by atoms with Gasteiger partial charge in [-0.1, -0.05) is 12.1 Å². The molecule has 11 heteroatoms. The Kier molecular flexibility index (Phi) is 7.17. The Hall–Kier alpha value is -3.83. The second-order valence-corrected chi connectivity index (χ2v) is 11.9. The molecule has 6 heterocycles. The highest BCUT2D eigenvalue weighted by atomic mass is 19.1. The van der Waals surface area contributed by atoms with Crippen molar-refractivity contribution in [2.24, 2.45) is 0 Å². The van der Waals surface area contributed by atoms with Crippen molar-refractivity contribution in [3.05, 3.63) is 52.1 Å². The van der Waals surface area contributed by atoms with Crippen LogP contribution in [0.5, 0.6) is 11.8 Å². The van der Waals surface area contributed by atoms with E-state index in [4.69, 9.17) is 13.9 Å². The number of aromatic hydroxyl groups is 1. The van der Waals surface area contributed by atoms with Crippen molar-refractivity contribution >= 4 is 27.5 Å². The minimum Gasteiger partial charge on any atom is -0.508 e. The van der Waals surface area contributed by atoms with Gasteiger partial charge in [0.15, 0.2) is 5.82 Å². The number of phenols is 1. The summed E-state index contributed by atoms with van der Waals surface area (Å²) >= 11 is 0. The highest BCUT2D eigenvalue weighted by Gasteiger charge is 2.36. The lowest BCUT2D eigenvalue weighted by atomic mass is 9.98. The fourth-order valence-electron chi connectivity index (χ4n) is 7.15. The number of morpholine rings is 1. The van der Waals surface area contributed by atoms with Crippen LogP contribution in [0.25, 0.3) is 33.0 Å². The van der Waals surface area contributed by atoms with Gasteiger partial charge >= 0.3 is 11.6 Å². The number of ether oxygens (including phenoxy) is 2. The largest absolute Gasteiger partial charge is 0.508 e. The minimum absolute atomic E-state index is 0.0694. The lowest BCUT2D eigenvalue weighted by Crippen LogP contribution is -2.43. The topological polar surface area (TPSA) is 101 Å². The van der Waals surface area contributed by atoms with Crippen LogP contribution in [0.4, 0.5) is 14.6 Å². The number of halogens is 2. The zero-order chi connectivity index (χ0) is 29.8. The van der Waals surface area contributed by atoms with E-state index in [0.29, 0.717) is 48.0 Å². The maximum atomic E-state index is 14.8. The molecule has 4 unspecified atom stereocenters. The summed E-state index contributed by atoms with van der Waals surface area (Å²) in [4.78, 5) is 26.6. The molecule has 9 nitrogen and oxygen atoms in total. The number of methoxy groups -OCH3 is 1. The summed E-state index contributed by atoms with van der Waals surface area (Å²) in [7, 11) is 1.47. The van der Waals surface area contributed by atoms with E-state index in [-0.39, 0.29) is 46.1 Å². The first-order chi connectivity index (χ1) is 20.8. The summed E-state index contributed by atoms with van der Waals surface area (Å²) in [6, 6.07) is 8.16. The standard InChI is InChI=1S/C25H22FN3O5.C7H12FN/c1-12-21-20(23(28-25(27-21)32-2)29-10-15-6-7-16(11-29)33-15)24(31)34-22(12)17-9-14(30)8-13-4-3-5-18(26)19(13)17;8-6-4-7-2-1-3-9(7)5-6/h3-5,8-9,15-16,30H,6-7,10-11H2,1-2H3;6-7H,1-5H2. The van der Waals surface area contributed by atoms with E-state index in [1.54, 1.807) is 19.1 Å². The van der Waals surface area contributed by atoms with Gasteiger partial charge in [-0.25, -0.2) is 13.6 Å². The van der Waals surface area contributed by atoms with Crippen LogP contribution in [0.1, 0.15) is 37.7 Å². The molecule has 4 aliphatic heterocycles. The van der Waals surface area contributed by atoms with Crippen LogP contribution in [0.2, 0.25) is 0 Å². The Bertz CT molecular complexity index is 1740. The van der Waals surface area contributed by atoms with E-state index >= 15 is 0 Å². The van der Waals surface area contributed by atoms with Crippen molar-refractivity contribution in [2.45, 2.75) is 63.4 Å². The smallest absolute Gasteiger partial charge is 0.349 e. The first kappa shape index (κ1) is 28.0. The zero-order valence-corrected chi connectivity index (χ0v) is 24.2. The molecule has 2 aromatic carbocycles. The second-order valence-electron chi connectivity index (χ2n) is 11.9. The van der Waals surface area contributed by atoms with Crippen molar-refractivity contribution < 1.29 is 27.8 Å². The summed E-state index contributed by atoms with van der Waals surface area (Å²) in [5.41, 5.74) is 0.510. The molecule has 1 N–H and O–H groups in total. The molecule has 0 spiro atoms. The number of aromatic nitrogens is 2. The molecular formula is C32H34F2N4O5. The van der Waals surface area contributed by atoms with Crippen LogP contribution in [-0.2, 0) is 4.74 Å². The van der Waals surface area contributed by atoms with Gasteiger partial charge in [0, 0.05) is 42.2 Å². The lowest BCUT2D eigenvalue weighted by molar-refractivity contribution is 0.0302. The van der Waals surface area contributed by atoms with Gasteiger partial charge in [-0.3, -0.25) is 4.90 Å². The number of alkyl halides is 1. The van der Waals surface area contributed by atoms with Gasteiger partial charge in [-0.2, -0.15) is 9.97 Å². The first-order valence-electron chi connectivity index (χ1n) is 14.9. The normalized spacial score (nSPS) is 24.8. The van der Waals surface area contributed by atoms with Crippen molar-refractivity contribution in [1.82, 2.24) is 14.9 Å². The lowest BCUT2D eigenvalue weighted by Gasteiger charge is -2.33. The number of aryl methyl sites for hydroxylation is 1. The van der Waals surface area contributed by atoms with Gasteiger partial charge in [0.1, 0.15) is 28.9 Å². The zero-order valence-electron chi connectivity index (χ0n) is 24.2. The van der Waals surface area contributed by atoms with Crippen LogP contribution < -0.4 is 15.3 Å². The average molecular weight is 593 g/mol. The van der Waals surface area contributed by atoms with Gasteiger partial charge in [-0.15, -0.1) is 0 Å². The van der Waals surface area contributed by atoms with Gasteiger partial charge < -0.3 is 23.9 Å². The summed E-state index contributed by atoms with van der Waals surface area (Å²) in [5.74, 6) is 0.0223. The third-order valence-electron chi connectivity index (χ3n) is 9.10. The molecule has 4 aromatic rings. The number of nitrogens with zero attached hydrogens (tertiary/aromatic N) is 4. The molecule has 226 valence electrons. The number of hydrogen-bond acceptors (Lipinski definition) is 9. The monoisotopic (exact) mass is 592 g/mol. The van der Waals surface area contributed by atoms with Gasteiger partial charge in [0.05, 0.1) is 24.8 Å². The van der Waals surface area contributed by atoms with Gasteiger partial charge in [0.2, 0.25) is 0 Å². The average Bonchev–Trinajstić information content (AvgIpc) is 3.68. The molecule has 0 saturated carbocycles. The molecule has 2 aromatic heterocycles. The van der Waals surface area contributed by atoms with Crippen LogP contribution >= 0.6 is 0 Å². The molecule has 0 amide bonds. The van der Waals surface area contributed by atoms with Crippen molar-refractivity contribution in [3.8, 4) is 23.1 Å². The molecule has 0 radical (unpaired) electrons. The Morgan fingerprint density at radius 2 is 1.86 bits per heavy atom. The SMILES string of the molecule is COc1nc(N2CC3CCC(C2)O3)c2c(=O)oc(-c3cc(O)cc4cccc(F)c34)c(C)c2n1.FC1CC2CCCN2C1. The van der Waals surface area contributed by atoms with E-state index in [9.17, 15) is 18.7 Å². The Morgan fingerprint density at radius 1 is 1.07 bits per heavy atom. The van der Waals surface area contributed by atoms with E-state index in [1.165, 1.54) is 38.2 Å². The summed E-state index contributed by atoms with van der Waals surface area (Å²) in [6.45, 7) is 4.81. The third kappa shape index (κ3) is 5.08. The molecule has 2 bridgehead atoms. The number of fused-ring (bicyclic) bond motifs is 5. The van der Waals surface area contributed by atoms with Crippen molar-refractivity contribution in [2.75, 3.05) is 38.2 Å². The minimum atomic E-state index is -0.639. The van der Waals surface area contributed by atoms with Gasteiger partial charge in [-0.05, 0) is 69.2 Å². The first-order valence-corrected chi connectivity index (χ1v) is 14.9. The van der Waals surface area contributed by atoms with E-state index in [2.05, 4.69) is 14.9 Å². The van der Waals surface area contributed by atoms with E-state index < -0.39 is 17.6 Å². The van der Waals surface area contributed by atoms with Crippen molar-refractivity contribution in [1.29, 1.82) is 0 Å². The fourth-order valence-corrected chi connectivity index (χ4v) is 7.15. The Balaban J connectivity index is 0.000000283. The number of rotatable bonds is 3. The molecule has 4 saturated heterocycles. The molecule has 4 aliphatic rings. The van der Waals surface area contributed by atoms with Crippen LogP contribution in [0, 0.1) is 12.7 Å². The second kappa shape index (κ2) is 11.0. The predicted molar refractivity (Wildman–Crippen MR) is 158 cm³/mol. The fraction of sp³-hybridized carbons (Fsp3) is 0.469. The third-order valence-corrected chi connectivity index (χ3v) is 9.10.